The van der Waals surface area contributed by atoms with E-state index in [0.29, 0.717) is 27.5 Å². The quantitative estimate of drug-likeness (QED) is 0.718. The molecule has 1 atom stereocenters. The van der Waals surface area contributed by atoms with E-state index in [1.54, 1.807) is 35.2 Å². The minimum atomic E-state index is -1.03. The average molecular weight is 419 g/mol. The highest BCUT2D eigenvalue weighted by Gasteiger charge is 2.32. The van der Waals surface area contributed by atoms with Crippen molar-refractivity contribution in [2.45, 2.75) is 26.9 Å². The maximum absolute atomic E-state index is 12.7. The van der Waals surface area contributed by atoms with Gasteiger partial charge in [0.05, 0.1) is 4.91 Å². The standard InChI is InChI=1S/C18H18N4O4S2/c1-4-22-15(23)14(28-18(22)19-17-21-20-11(3)27-17)9-12-5-7-13(8-6-12)26-10(2)16(24)25/h5-10H,4H2,1-3H3,(H,24,25)/b14-9+,19-18+. The van der Waals surface area contributed by atoms with Crippen molar-refractivity contribution < 1.29 is 19.4 Å². The van der Waals surface area contributed by atoms with E-state index in [9.17, 15) is 9.59 Å². The van der Waals surface area contributed by atoms with Crippen molar-refractivity contribution in [2.75, 3.05) is 6.54 Å². The third kappa shape index (κ3) is 4.57. The summed E-state index contributed by atoms with van der Waals surface area (Å²) in [6, 6.07) is 6.88. The Balaban J connectivity index is 1.79. The van der Waals surface area contributed by atoms with Crippen LogP contribution in [0.15, 0.2) is 34.2 Å². The summed E-state index contributed by atoms with van der Waals surface area (Å²) in [4.78, 5) is 30.1. The van der Waals surface area contributed by atoms with Gasteiger partial charge in [-0.2, -0.15) is 4.99 Å². The lowest BCUT2D eigenvalue weighted by atomic mass is 10.2. The van der Waals surface area contributed by atoms with E-state index in [1.807, 2.05) is 13.8 Å². The predicted octanol–water partition coefficient (Wildman–Crippen LogP) is 3.32. The first-order valence-electron chi connectivity index (χ1n) is 8.47. The Bertz CT molecular complexity index is 953. The Hall–Kier alpha value is -2.72. The van der Waals surface area contributed by atoms with Gasteiger partial charge in [-0.15, -0.1) is 10.2 Å². The fourth-order valence-electron chi connectivity index (χ4n) is 2.33. The number of aryl methyl sites for hydroxylation is 1. The highest BCUT2D eigenvalue weighted by atomic mass is 32.2. The van der Waals surface area contributed by atoms with Crippen molar-refractivity contribution in [3.63, 3.8) is 0 Å². The Morgan fingerprint density at radius 3 is 2.64 bits per heavy atom. The van der Waals surface area contributed by atoms with Gasteiger partial charge in [0.2, 0.25) is 5.13 Å². The normalized spacial score (nSPS) is 18.1. The molecule has 1 aliphatic heterocycles. The monoisotopic (exact) mass is 418 g/mol. The van der Waals surface area contributed by atoms with E-state index < -0.39 is 12.1 Å². The second kappa shape index (κ2) is 8.53. The molecule has 2 aromatic rings. The Kier molecular flexibility index (Phi) is 6.10. The van der Waals surface area contributed by atoms with Crippen LogP contribution in [0.1, 0.15) is 24.4 Å². The molecule has 0 bridgehead atoms. The van der Waals surface area contributed by atoms with Crippen LogP contribution in [0.4, 0.5) is 5.13 Å². The first kappa shape index (κ1) is 20.0. The van der Waals surface area contributed by atoms with Crippen LogP contribution >= 0.6 is 23.1 Å². The number of thioether (sulfide) groups is 1. The summed E-state index contributed by atoms with van der Waals surface area (Å²) in [5.74, 6) is -0.699. The van der Waals surface area contributed by atoms with Crippen LogP contribution in [0.5, 0.6) is 5.75 Å². The molecule has 2 heterocycles. The van der Waals surface area contributed by atoms with Gasteiger partial charge in [0.15, 0.2) is 11.3 Å². The number of carbonyl (C=O) groups excluding carboxylic acids is 1. The van der Waals surface area contributed by atoms with Crippen molar-refractivity contribution in [1.29, 1.82) is 0 Å². The number of amides is 1. The topological polar surface area (TPSA) is 105 Å². The smallest absolute Gasteiger partial charge is 0.344 e. The largest absolute Gasteiger partial charge is 0.479 e. The van der Waals surface area contributed by atoms with Crippen molar-refractivity contribution in [2.24, 2.45) is 4.99 Å². The Morgan fingerprint density at radius 1 is 1.36 bits per heavy atom. The third-order valence-corrected chi connectivity index (χ3v) is 5.49. The summed E-state index contributed by atoms with van der Waals surface area (Å²) in [7, 11) is 0. The van der Waals surface area contributed by atoms with E-state index in [1.165, 1.54) is 30.0 Å². The van der Waals surface area contributed by atoms with Crippen molar-refractivity contribution >= 4 is 51.4 Å². The highest BCUT2D eigenvalue weighted by molar-refractivity contribution is 8.18. The van der Waals surface area contributed by atoms with Crippen molar-refractivity contribution in [3.8, 4) is 5.75 Å². The molecule has 0 spiro atoms. The molecule has 0 radical (unpaired) electrons. The molecule has 1 fully saturated rings. The lowest BCUT2D eigenvalue weighted by Gasteiger charge is -2.11. The molecule has 1 N–H and O–H groups in total. The van der Waals surface area contributed by atoms with Gasteiger partial charge in [0, 0.05) is 6.54 Å². The highest BCUT2D eigenvalue weighted by Crippen LogP contribution is 2.34. The maximum atomic E-state index is 12.7. The van der Waals surface area contributed by atoms with Crippen LogP contribution in [0.25, 0.3) is 6.08 Å². The number of ether oxygens (including phenoxy) is 1. The summed E-state index contributed by atoms with van der Waals surface area (Å²) in [5, 5.41) is 18.7. The molecule has 10 heteroatoms. The van der Waals surface area contributed by atoms with Crippen LogP contribution in [0.2, 0.25) is 0 Å². The number of carboxylic acids is 1. The van der Waals surface area contributed by atoms with Gasteiger partial charge in [0.25, 0.3) is 5.91 Å². The minimum absolute atomic E-state index is 0.118. The average Bonchev–Trinajstić information content (AvgIpc) is 3.19. The fourth-order valence-corrected chi connectivity index (χ4v) is 3.99. The molecule has 0 aliphatic carbocycles. The maximum Gasteiger partial charge on any atom is 0.344 e. The molecule has 1 aliphatic rings. The van der Waals surface area contributed by atoms with E-state index >= 15 is 0 Å². The number of hydrogen-bond acceptors (Lipinski definition) is 8. The van der Waals surface area contributed by atoms with Crippen LogP contribution < -0.4 is 4.74 Å². The summed E-state index contributed by atoms with van der Waals surface area (Å²) in [6.07, 6.45) is 0.838. The summed E-state index contributed by atoms with van der Waals surface area (Å²) < 4.78 is 5.31. The Morgan fingerprint density at radius 2 is 2.07 bits per heavy atom. The molecule has 8 nitrogen and oxygen atoms in total. The zero-order valence-corrected chi connectivity index (χ0v) is 17.1. The molecular weight excluding hydrogens is 400 g/mol. The van der Waals surface area contributed by atoms with E-state index in [2.05, 4.69) is 15.2 Å². The lowest BCUT2D eigenvalue weighted by molar-refractivity contribution is -0.144. The summed E-state index contributed by atoms with van der Waals surface area (Å²) >= 11 is 2.65. The van der Waals surface area contributed by atoms with Gasteiger partial charge < -0.3 is 9.84 Å². The molecule has 1 saturated heterocycles. The summed E-state index contributed by atoms with van der Waals surface area (Å²) in [6.45, 7) is 5.70. The number of hydrogen-bond donors (Lipinski definition) is 1. The van der Waals surface area contributed by atoms with Crippen LogP contribution in [-0.4, -0.2) is 49.9 Å². The lowest BCUT2D eigenvalue weighted by Crippen LogP contribution is -2.28. The molecule has 1 amide bonds. The van der Waals surface area contributed by atoms with Crippen molar-refractivity contribution in [1.82, 2.24) is 15.1 Å². The first-order chi connectivity index (χ1) is 13.4. The second-order valence-electron chi connectivity index (χ2n) is 5.83. The minimum Gasteiger partial charge on any atom is -0.479 e. The molecule has 1 unspecified atom stereocenters. The van der Waals surface area contributed by atoms with Crippen LogP contribution in [0, 0.1) is 6.92 Å². The van der Waals surface area contributed by atoms with Gasteiger partial charge in [-0.1, -0.05) is 23.5 Å². The zero-order chi connectivity index (χ0) is 20.3. The van der Waals surface area contributed by atoms with E-state index in [4.69, 9.17) is 9.84 Å². The third-order valence-electron chi connectivity index (χ3n) is 3.75. The fraction of sp³-hybridized carbons (Fsp3) is 0.278. The molecule has 1 aromatic heterocycles. The number of nitrogens with zero attached hydrogens (tertiary/aromatic N) is 4. The van der Waals surface area contributed by atoms with E-state index in [-0.39, 0.29) is 5.91 Å². The number of aliphatic imine (C=N–C) groups is 1. The Labute approximate surface area is 169 Å². The van der Waals surface area contributed by atoms with Gasteiger partial charge in [-0.25, -0.2) is 4.79 Å². The zero-order valence-electron chi connectivity index (χ0n) is 15.4. The number of likely N-dealkylation sites (N-methyl/N-ethyl adjacent to an activating group) is 1. The second-order valence-corrected chi connectivity index (χ2v) is 7.99. The molecule has 1 aromatic carbocycles. The number of carbonyl (C=O) groups is 2. The number of aliphatic carboxylic acids is 1. The number of rotatable bonds is 6. The van der Waals surface area contributed by atoms with Gasteiger partial charge in [-0.3, -0.25) is 9.69 Å². The number of aromatic nitrogens is 2. The van der Waals surface area contributed by atoms with Crippen molar-refractivity contribution in [3.05, 3.63) is 39.7 Å². The number of carboxylic acid groups (broad SMARTS) is 1. The number of benzene rings is 1. The van der Waals surface area contributed by atoms with Gasteiger partial charge in [-0.05, 0) is 56.3 Å². The first-order valence-corrected chi connectivity index (χ1v) is 10.1. The van der Waals surface area contributed by atoms with Gasteiger partial charge in [0.1, 0.15) is 10.8 Å². The molecule has 28 heavy (non-hydrogen) atoms. The molecular formula is C18H18N4O4S2. The SMILES string of the molecule is CCN1C(=O)/C(=C\c2ccc(OC(C)C(=O)O)cc2)S/C1=N/c1nnc(C)s1. The van der Waals surface area contributed by atoms with Gasteiger partial charge >= 0.3 is 5.97 Å². The van der Waals surface area contributed by atoms with Crippen LogP contribution in [0.3, 0.4) is 0 Å². The molecule has 3 rings (SSSR count). The van der Waals surface area contributed by atoms with Crippen LogP contribution in [-0.2, 0) is 9.59 Å². The molecule has 146 valence electrons. The number of amidine groups is 1. The van der Waals surface area contributed by atoms with E-state index in [0.717, 1.165) is 10.6 Å². The predicted molar refractivity (Wildman–Crippen MR) is 109 cm³/mol. The molecule has 0 saturated carbocycles. The summed E-state index contributed by atoms with van der Waals surface area (Å²) in [5.41, 5.74) is 0.801.